The molecular weight excluding hydrogens is 303 g/mol. The van der Waals surface area contributed by atoms with Crippen molar-refractivity contribution in [3.63, 3.8) is 0 Å². The maximum Gasteiger partial charge on any atom is 0.333 e. The van der Waals surface area contributed by atoms with Gasteiger partial charge in [0.1, 0.15) is 6.10 Å². The molecule has 22 heavy (non-hydrogen) atoms. The zero-order valence-electron chi connectivity index (χ0n) is 13.9. The molecule has 0 saturated heterocycles. The van der Waals surface area contributed by atoms with Crippen LogP contribution in [0.4, 0.5) is 0 Å². The van der Waals surface area contributed by atoms with Crippen LogP contribution >= 0.6 is 7.60 Å². The van der Waals surface area contributed by atoms with Gasteiger partial charge in [-0.3, -0.25) is 4.57 Å². The lowest BCUT2D eigenvalue weighted by Crippen LogP contribution is -2.22. The molecule has 0 spiro atoms. The third kappa shape index (κ3) is 13.1. The molecular formula is C16H31O5P. The molecule has 0 aliphatic carbocycles. The highest BCUT2D eigenvalue weighted by atomic mass is 31.2. The van der Waals surface area contributed by atoms with Crippen molar-refractivity contribution in [2.24, 2.45) is 0 Å². The molecule has 0 heterocycles. The highest BCUT2D eigenvalue weighted by molar-refractivity contribution is 7.51. The Balaban J connectivity index is 4.01. The van der Waals surface area contributed by atoms with Crippen LogP contribution in [0.5, 0.6) is 0 Å². The SMILES string of the molecule is C=C(C)C(=O)OC(CCCCCCCCCC)CP(=O)(O)O. The lowest BCUT2D eigenvalue weighted by Gasteiger charge is -2.18. The molecule has 130 valence electrons. The summed E-state index contributed by atoms with van der Waals surface area (Å²) in [7, 11) is -4.19. The number of carbonyl (C=O) groups excluding carboxylic acids is 1. The molecule has 0 aliphatic rings. The third-order valence-electron chi connectivity index (χ3n) is 3.44. The van der Waals surface area contributed by atoms with Crippen molar-refractivity contribution in [1.82, 2.24) is 0 Å². The van der Waals surface area contributed by atoms with Crippen LogP contribution in [0.1, 0.15) is 71.6 Å². The maximum absolute atomic E-state index is 11.5. The highest BCUT2D eigenvalue weighted by Crippen LogP contribution is 2.37. The molecule has 0 amide bonds. The first-order valence-corrected chi connectivity index (χ1v) is 9.97. The standard InChI is InChI=1S/C16H31O5P/c1-4-5-6-7-8-9-10-11-12-15(13-22(18,19)20)21-16(17)14(2)3/h15H,2,4-13H2,1,3H3,(H2,18,19,20). The molecule has 2 N–H and O–H groups in total. The molecule has 0 bridgehead atoms. The molecule has 1 atom stereocenters. The van der Waals surface area contributed by atoms with E-state index in [0.717, 1.165) is 19.3 Å². The lowest BCUT2D eigenvalue weighted by molar-refractivity contribution is -0.143. The summed E-state index contributed by atoms with van der Waals surface area (Å²) in [5, 5.41) is 0. The molecule has 5 nitrogen and oxygen atoms in total. The van der Waals surface area contributed by atoms with Gasteiger partial charge in [0.25, 0.3) is 0 Å². The molecule has 6 heteroatoms. The first-order chi connectivity index (χ1) is 10.3. The van der Waals surface area contributed by atoms with Crippen LogP contribution in [0, 0.1) is 0 Å². The fraction of sp³-hybridized carbons (Fsp3) is 0.812. The second-order valence-corrected chi connectivity index (χ2v) is 7.61. The normalized spacial score (nSPS) is 12.9. The summed E-state index contributed by atoms with van der Waals surface area (Å²) in [5.41, 5.74) is 0.242. The van der Waals surface area contributed by atoms with Gasteiger partial charge in [0.15, 0.2) is 0 Å². The number of ether oxygens (including phenoxy) is 1. The van der Waals surface area contributed by atoms with Crippen LogP contribution in [0.3, 0.4) is 0 Å². The van der Waals surface area contributed by atoms with E-state index in [1.165, 1.54) is 39.0 Å². The number of esters is 1. The molecule has 0 aromatic carbocycles. The van der Waals surface area contributed by atoms with Crippen LogP contribution in [0.2, 0.25) is 0 Å². The van der Waals surface area contributed by atoms with E-state index in [0.29, 0.717) is 6.42 Å². The molecule has 0 rings (SSSR count). The summed E-state index contributed by atoms with van der Waals surface area (Å²) >= 11 is 0. The Morgan fingerprint density at radius 1 is 1.09 bits per heavy atom. The minimum atomic E-state index is -4.19. The average Bonchev–Trinajstić information content (AvgIpc) is 2.39. The van der Waals surface area contributed by atoms with Crippen LogP contribution in [0.15, 0.2) is 12.2 Å². The quantitative estimate of drug-likeness (QED) is 0.228. The smallest absolute Gasteiger partial charge is 0.333 e. The van der Waals surface area contributed by atoms with Gasteiger partial charge in [-0.15, -0.1) is 0 Å². The zero-order chi connectivity index (χ0) is 17.0. The Kier molecular flexibility index (Phi) is 11.5. The van der Waals surface area contributed by atoms with Crippen LogP contribution < -0.4 is 0 Å². The minimum Gasteiger partial charge on any atom is -0.458 e. The van der Waals surface area contributed by atoms with Gasteiger partial charge in [-0.1, -0.05) is 58.4 Å². The van der Waals surface area contributed by atoms with E-state index in [-0.39, 0.29) is 5.57 Å². The average molecular weight is 334 g/mol. The predicted molar refractivity (Wildman–Crippen MR) is 88.8 cm³/mol. The number of hydrogen-bond donors (Lipinski definition) is 2. The van der Waals surface area contributed by atoms with Gasteiger partial charge in [0, 0.05) is 5.57 Å². The van der Waals surface area contributed by atoms with Crippen molar-refractivity contribution in [2.75, 3.05) is 6.16 Å². The van der Waals surface area contributed by atoms with Gasteiger partial charge in [-0.25, -0.2) is 4.79 Å². The minimum absolute atomic E-state index is 0.242. The van der Waals surface area contributed by atoms with E-state index < -0.39 is 25.8 Å². The Labute approximate surface area is 134 Å². The van der Waals surface area contributed by atoms with Crippen LogP contribution in [-0.2, 0) is 14.1 Å². The summed E-state index contributed by atoms with van der Waals surface area (Å²) in [6, 6.07) is 0. The second-order valence-electron chi connectivity index (χ2n) is 5.92. The van der Waals surface area contributed by atoms with Crippen LogP contribution in [-0.4, -0.2) is 28.0 Å². The summed E-state index contributed by atoms with van der Waals surface area (Å²) in [4.78, 5) is 29.6. The molecule has 0 aromatic heterocycles. The second kappa shape index (κ2) is 11.9. The van der Waals surface area contributed by atoms with E-state index in [4.69, 9.17) is 14.5 Å². The molecule has 0 saturated carbocycles. The van der Waals surface area contributed by atoms with Crippen LogP contribution in [0.25, 0.3) is 0 Å². The van der Waals surface area contributed by atoms with Crippen molar-refractivity contribution in [2.45, 2.75) is 77.7 Å². The predicted octanol–water partition coefficient (Wildman–Crippen LogP) is 4.18. The number of hydrogen-bond acceptors (Lipinski definition) is 3. The van der Waals surface area contributed by atoms with E-state index in [2.05, 4.69) is 13.5 Å². The van der Waals surface area contributed by atoms with Gasteiger partial charge in [-0.2, -0.15) is 0 Å². The van der Waals surface area contributed by atoms with Gasteiger partial charge in [0.05, 0.1) is 6.16 Å². The van der Waals surface area contributed by atoms with Gasteiger partial charge in [0.2, 0.25) is 0 Å². The van der Waals surface area contributed by atoms with Gasteiger partial charge >= 0.3 is 13.6 Å². The topological polar surface area (TPSA) is 83.8 Å². The van der Waals surface area contributed by atoms with Crippen molar-refractivity contribution in [3.8, 4) is 0 Å². The van der Waals surface area contributed by atoms with Crippen molar-refractivity contribution in [1.29, 1.82) is 0 Å². The number of unbranched alkanes of at least 4 members (excludes halogenated alkanes) is 7. The van der Waals surface area contributed by atoms with Gasteiger partial charge in [-0.05, 0) is 19.8 Å². The Morgan fingerprint density at radius 2 is 1.59 bits per heavy atom. The summed E-state index contributed by atoms with van der Waals surface area (Å²) in [5.74, 6) is -0.585. The first-order valence-electron chi connectivity index (χ1n) is 8.17. The van der Waals surface area contributed by atoms with Gasteiger partial charge < -0.3 is 14.5 Å². The summed E-state index contributed by atoms with van der Waals surface area (Å²) < 4.78 is 16.2. The molecule has 0 radical (unpaired) electrons. The van der Waals surface area contributed by atoms with E-state index >= 15 is 0 Å². The summed E-state index contributed by atoms with van der Waals surface area (Å²) in [6.45, 7) is 7.19. The Hall–Kier alpha value is -0.640. The monoisotopic (exact) mass is 334 g/mol. The maximum atomic E-state index is 11.5. The lowest BCUT2D eigenvalue weighted by atomic mass is 10.1. The van der Waals surface area contributed by atoms with Crippen molar-refractivity contribution >= 4 is 13.6 Å². The highest BCUT2D eigenvalue weighted by Gasteiger charge is 2.24. The Morgan fingerprint density at radius 3 is 2.05 bits per heavy atom. The summed E-state index contributed by atoms with van der Waals surface area (Å²) in [6.07, 6.45) is 8.47. The Bertz CT molecular complexity index is 375. The molecule has 1 unspecified atom stereocenters. The fourth-order valence-corrected chi connectivity index (χ4v) is 3.00. The first kappa shape index (κ1) is 21.4. The fourth-order valence-electron chi connectivity index (χ4n) is 2.21. The number of carbonyl (C=O) groups is 1. The molecule has 0 fully saturated rings. The number of rotatable bonds is 13. The van der Waals surface area contributed by atoms with Crippen molar-refractivity contribution < 1.29 is 23.9 Å². The van der Waals surface area contributed by atoms with E-state index in [9.17, 15) is 9.36 Å². The third-order valence-corrected chi connectivity index (χ3v) is 4.33. The van der Waals surface area contributed by atoms with E-state index in [1.807, 2.05) is 0 Å². The largest absolute Gasteiger partial charge is 0.458 e. The van der Waals surface area contributed by atoms with E-state index in [1.54, 1.807) is 0 Å². The van der Waals surface area contributed by atoms with Crippen molar-refractivity contribution in [3.05, 3.63) is 12.2 Å². The molecule has 0 aromatic rings. The molecule has 0 aliphatic heterocycles. The zero-order valence-corrected chi connectivity index (χ0v) is 14.8.